The Morgan fingerprint density at radius 1 is 1.30 bits per heavy atom. The lowest BCUT2D eigenvalue weighted by Crippen LogP contribution is -2.11. The first kappa shape index (κ1) is 14.4. The average molecular weight is 288 g/mol. The van der Waals surface area contributed by atoms with Crippen LogP contribution in [0.2, 0.25) is 0 Å². The Labute approximate surface area is 112 Å². The molecule has 0 saturated heterocycles. The van der Waals surface area contributed by atoms with Crippen molar-refractivity contribution in [1.82, 2.24) is 20.3 Å². The minimum absolute atomic E-state index is 0.282. The van der Waals surface area contributed by atoms with Crippen molar-refractivity contribution in [2.75, 3.05) is 6.54 Å². The van der Waals surface area contributed by atoms with E-state index < -0.39 is 17.6 Å². The lowest BCUT2D eigenvalue weighted by molar-refractivity contribution is -0.137. The van der Waals surface area contributed by atoms with Crippen LogP contribution in [-0.2, 0) is 12.7 Å². The molecule has 108 valence electrons. The van der Waals surface area contributed by atoms with Crippen LogP contribution in [-0.4, -0.2) is 21.5 Å². The summed E-state index contributed by atoms with van der Waals surface area (Å²) < 4.78 is 52.5. The summed E-state index contributed by atoms with van der Waals surface area (Å²) in [7, 11) is 0. The summed E-state index contributed by atoms with van der Waals surface area (Å²) in [5.74, 6) is -0.794. The number of nitrogens with one attached hydrogen (secondary N) is 1. The second-order valence-corrected chi connectivity index (χ2v) is 4.10. The molecule has 0 radical (unpaired) electrons. The van der Waals surface area contributed by atoms with Gasteiger partial charge in [-0.25, -0.2) is 9.07 Å². The molecular weight excluding hydrogens is 276 g/mol. The van der Waals surface area contributed by atoms with Crippen molar-refractivity contribution in [2.24, 2.45) is 0 Å². The summed E-state index contributed by atoms with van der Waals surface area (Å²) in [5, 5.41) is 10.4. The van der Waals surface area contributed by atoms with E-state index in [9.17, 15) is 17.6 Å². The molecule has 1 heterocycles. The van der Waals surface area contributed by atoms with Crippen LogP contribution in [0.5, 0.6) is 0 Å². The van der Waals surface area contributed by atoms with Crippen molar-refractivity contribution >= 4 is 0 Å². The van der Waals surface area contributed by atoms with Gasteiger partial charge in [0.05, 0.1) is 17.5 Å². The van der Waals surface area contributed by atoms with E-state index in [0.29, 0.717) is 30.9 Å². The minimum atomic E-state index is -4.53. The van der Waals surface area contributed by atoms with E-state index >= 15 is 0 Å². The highest BCUT2D eigenvalue weighted by Gasteiger charge is 2.31. The van der Waals surface area contributed by atoms with E-state index in [-0.39, 0.29) is 5.69 Å². The number of alkyl halides is 3. The number of nitrogens with zero attached hydrogens (tertiary/aromatic N) is 3. The minimum Gasteiger partial charge on any atom is -0.311 e. The van der Waals surface area contributed by atoms with Gasteiger partial charge in [0.1, 0.15) is 11.5 Å². The molecule has 2 aromatic rings. The van der Waals surface area contributed by atoms with Crippen molar-refractivity contribution in [3.63, 3.8) is 0 Å². The number of hydrogen-bond donors (Lipinski definition) is 1. The topological polar surface area (TPSA) is 42.7 Å². The molecule has 8 heteroatoms. The van der Waals surface area contributed by atoms with E-state index in [0.717, 1.165) is 10.7 Å². The summed E-state index contributed by atoms with van der Waals surface area (Å²) in [6, 6.07) is 2.17. The van der Waals surface area contributed by atoms with Gasteiger partial charge in [-0.1, -0.05) is 12.1 Å². The molecule has 2 rings (SSSR count). The van der Waals surface area contributed by atoms with E-state index in [1.54, 1.807) is 0 Å². The predicted molar refractivity (Wildman–Crippen MR) is 63.7 cm³/mol. The summed E-state index contributed by atoms with van der Waals surface area (Å²) in [5.41, 5.74) is -0.698. The van der Waals surface area contributed by atoms with Crippen LogP contribution in [0.15, 0.2) is 24.4 Å². The largest absolute Gasteiger partial charge is 0.416 e. The van der Waals surface area contributed by atoms with Crippen molar-refractivity contribution < 1.29 is 17.6 Å². The number of halogens is 4. The third kappa shape index (κ3) is 3.13. The predicted octanol–water partition coefficient (Wildman–Crippen LogP) is 2.53. The molecule has 0 saturated carbocycles. The highest BCUT2D eigenvalue weighted by molar-refractivity contribution is 5.38. The number of rotatable bonds is 4. The second kappa shape index (κ2) is 5.58. The maximum absolute atomic E-state index is 13.6. The Kier molecular flexibility index (Phi) is 4.03. The zero-order valence-corrected chi connectivity index (χ0v) is 10.6. The maximum Gasteiger partial charge on any atom is 0.416 e. The fraction of sp³-hybridized carbons (Fsp3) is 0.333. The first-order valence-electron chi connectivity index (χ1n) is 5.91. The smallest absolute Gasteiger partial charge is 0.311 e. The SMILES string of the molecule is CCNCc1cn(-c2cc(C(F)(F)F)ccc2F)nn1. The van der Waals surface area contributed by atoms with Gasteiger partial charge >= 0.3 is 6.18 Å². The monoisotopic (exact) mass is 288 g/mol. The quantitative estimate of drug-likeness (QED) is 0.879. The molecular formula is C12H12F4N4. The maximum atomic E-state index is 13.6. The van der Waals surface area contributed by atoms with Crippen LogP contribution in [0.1, 0.15) is 18.2 Å². The molecule has 1 aromatic carbocycles. The van der Waals surface area contributed by atoms with Crippen molar-refractivity contribution in [3.8, 4) is 5.69 Å². The second-order valence-electron chi connectivity index (χ2n) is 4.10. The van der Waals surface area contributed by atoms with Crippen LogP contribution >= 0.6 is 0 Å². The van der Waals surface area contributed by atoms with E-state index in [1.807, 2.05) is 6.92 Å². The summed E-state index contributed by atoms with van der Waals surface area (Å²) in [6.45, 7) is 3.03. The van der Waals surface area contributed by atoms with E-state index in [2.05, 4.69) is 15.6 Å². The van der Waals surface area contributed by atoms with Crippen LogP contribution in [0.3, 0.4) is 0 Å². The molecule has 0 amide bonds. The Hall–Kier alpha value is -1.96. The normalized spacial score (nSPS) is 11.8. The van der Waals surface area contributed by atoms with Crippen LogP contribution in [0, 0.1) is 5.82 Å². The lowest BCUT2D eigenvalue weighted by atomic mass is 10.2. The summed E-state index contributed by atoms with van der Waals surface area (Å²) >= 11 is 0. The van der Waals surface area contributed by atoms with E-state index in [4.69, 9.17) is 0 Å². The van der Waals surface area contributed by atoms with Gasteiger partial charge in [-0.2, -0.15) is 13.2 Å². The standard InChI is InChI=1S/C12H12F4N4/c1-2-17-6-9-7-20(19-18-9)11-5-8(12(14,15)16)3-4-10(11)13/h3-5,7,17H,2,6H2,1H3. The van der Waals surface area contributed by atoms with Gasteiger partial charge in [-0.3, -0.25) is 0 Å². The zero-order chi connectivity index (χ0) is 14.8. The lowest BCUT2D eigenvalue weighted by Gasteiger charge is -2.09. The first-order valence-corrected chi connectivity index (χ1v) is 5.91. The third-order valence-corrected chi connectivity index (χ3v) is 2.62. The van der Waals surface area contributed by atoms with Gasteiger partial charge in [-0.05, 0) is 24.7 Å². The van der Waals surface area contributed by atoms with Crippen molar-refractivity contribution in [2.45, 2.75) is 19.6 Å². The van der Waals surface area contributed by atoms with Gasteiger partial charge < -0.3 is 5.32 Å². The van der Waals surface area contributed by atoms with Crippen LogP contribution in [0.25, 0.3) is 5.69 Å². The zero-order valence-electron chi connectivity index (χ0n) is 10.6. The molecule has 0 aliphatic rings. The number of benzene rings is 1. The molecule has 0 aliphatic heterocycles. The Balaban J connectivity index is 2.34. The molecule has 0 atom stereocenters. The summed E-state index contributed by atoms with van der Waals surface area (Å²) in [6.07, 6.45) is -3.14. The molecule has 0 unspecified atom stereocenters. The third-order valence-electron chi connectivity index (χ3n) is 2.62. The van der Waals surface area contributed by atoms with Gasteiger partial charge in [0.2, 0.25) is 0 Å². The van der Waals surface area contributed by atoms with Gasteiger partial charge in [0.15, 0.2) is 0 Å². The highest BCUT2D eigenvalue weighted by atomic mass is 19.4. The molecule has 1 aromatic heterocycles. The van der Waals surface area contributed by atoms with Crippen molar-refractivity contribution in [1.29, 1.82) is 0 Å². The highest BCUT2D eigenvalue weighted by Crippen LogP contribution is 2.31. The molecule has 1 N–H and O–H groups in total. The molecule has 0 aliphatic carbocycles. The Morgan fingerprint density at radius 3 is 2.70 bits per heavy atom. The fourth-order valence-electron chi connectivity index (χ4n) is 1.61. The van der Waals surface area contributed by atoms with Crippen LogP contribution in [0.4, 0.5) is 17.6 Å². The van der Waals surface area contributed by atoms with Gasteiger partial charge in [0.25, 0.3) is 0 Å². The average Bonchev–Trinajstić information content (AvgIpc) is 2.84. The van der Waals surface area contributed by atoms with Crippen LogP contribution < -0.4 is 5.32 Å². The first-order chi connectivity index (χ1) is 9.41. The molecule has 0 bridgehead atoms. The molecule has 4 nitrogen and oxygen atoms in total. The van der Waals surface area contributed by atoms with E-state index in [1.165, 1.54) is 6.20 Å². The number of hydrogen-bond acceptors (Lipinski definition) is 3. The number of aromatic nitrogens is 3. The molecule has 0 fully saturated rings. The summed E-state index contributed by atoms with van der Waals surface area (Å²) in [4.78, 5) is 0. The van der Waals surface area contributed by atoms with Crippen molar-refractivity contribution in [3.05, 3.63) is 41.5 Å². The van der Waals surface area contributed by atoms with Gasteiger partial charge in [0, 0.05) is 6.54 Å². The van der Waals surface area contributed by atoms with Gasteiger partial charge in [-0.15, -0.1) is 5.10 Å². The Morgan fingerprint density at radius 2 is 2.05 bits per heavy atom. The molecule has 20 heavy (non-hydrogen) atoms. The fourth-order valence-corrected chi connectivity index (χ4v) is 1.61. The Bertz CT molecular complexity index is 591. The molecule has 0 spiro atoms.